The molecule has 14 heavy (non-hydrogen) atoms. The summed E-state index contributed by atoms with van der Waals surface area (Å²) in [4.78, 5) is 0. The van der Waals surface area contributed by atoms with Crippen LogP contribution in [0, 0.1) is 11.3 Å². The van der Waals surface area contributed by atoms with Crippen molar-refractivity contribution in [1.29, 1.82) is 0 Å². The van der Waals surface area contributed by atoms with Gasteiger partial charge in [-0.2, -0.15) is 0 Å². The van der Waals surface area contributed by atoms with Gasteiger partial charge in [-0.3, -0.25) is 0 Å². The summed E-state index contributed by atoms with van der Waals surface area (Å²) in [6.45, 7) is 7.02. The second-order valence-corrected chi connectivity index (χ2v) is 5.76. The van der Waals surface area contributed by atoms with E-state index >= 15 is 0 Å². The molecule has 0 atom stereocenters. The van der Waals surface area contributed by atoms with Crippen LogP contribution in [0.5, 0.6) is 0 Å². The summed E-state index contributed by atoms with van der Waals surface area (Å²) >= 11 is 5.70. The lowest BCUT2D eigenvalue weighted by molar-refractivity contribution is 0.262. The highest BCUT2D eigenvalue weighted by Crippen LogP contribution is 2.26. The molecule has 1 rings (SSSR count). The molecule has 1 aliphatic carbocycles. The van der Waals surface area contributed by atoms with E-state index in [0.29, 0.717) is 5.41 Å². The summed E-state index contributed by atoms with van der Waals surface area (Å²) in [6.07, 6.45) is 6.69. The third kappa shape index (κ3) is 4.65. The summed E-state index contributed by atoms with van der Waals surface area (Å²) < 4.78 is 0. The van der Waals surface area contributed by atoms with Gasteiger partial charge in [0.05, 0.1) is 0 Å². The summed E-state index contributed by atoms with van der Waals surface area (Å²) in [6, 6.07) is 0. The van der Waals surface area contributed by atoms with E-state index in [-0.39, 0.29) is 0 Å². The van der Waals surface area contributed by atoms with Crippen LogP contribution in [0.2, 0.25) is 0 Å². The van der Waals surface area contributed by atoms with Gasteiger partial charge in [-0.25, -0.2) is 0 Å². The average Bonchev–Trinajstić information content (AvgIpc) is 2.06. The largest absolute Gasteiger partial charge is 0.316 e. The maximum absolute atomic E-state index is 5.70. The van der Waals surface area contributed by atoms with Crippen molar-refractivity contribution in [3.05, 3.63) is 0 Å². The van der Waals surface area contributed by atoms with Crippen molar-refractivity contribution in [3.8, 4) is 0 Å². The van der Waals surface area contributed by atoms with Crippen molar-refractivity contribution in [2.24, 2.45) is 11.3 Å². The lowest BCUT2D eigenvalue weighted by Crippen LogP contribution is -2.34. The number of alkyl halides is 1. The van der Waals surface area contributed by atoms with E-state index in [1.807, 2.05) is 0 Å². The molecular formula is C12H24ClN. The van der Waals surface area contributed by atoms with Crippen LogP contribution in [-0.2, 0) is 0 Å². The first-order valence-electron chi connectivity index (χ1n) is 5.91. The van der Waals surface area contributed by atoms with E-state index in [1.54, 1.807) is 0 Å². The van der Waals surface area contributed by atoms with E-state index in [1.165, 1.54) is 32.2 Å². The van der Waals surface area contributed by atoms with Crippen molar-refractivity contribution < 1.29 is 0 Å². The zero-order valence-corrected chi connectivity index (χ0v) is 10.4. The summed E-state index contributed by atoms with van der Waals surface area (Å²) in [5, 5.41) is 3.59. The maximum Gasteiger partial charge on any atom is 0.0223 e. The molecule has 84 valence electrons. The highest BCUT2D eigenvalue weighted by atomic mass is 35.5. The predicted molar refractivity (Wildman–Crippen MR) is 63.9 cm³/mol. The summed E-state index contributed by atoms with van der Waals surface area (Å²) in [7, 11) is 0. The molecule has 0 unspecified atom stereocenters. The van der Waals surface area contributed by atoms with Crippen molar-refractivity contribution in [2.75, 3.05) is 19.0 Å². The molecule has 0 aromatic rings. The van der Waals surface area contributed by atoms with Crippen LogP contribution in [0.4, 0.5) is 0 Å². The molecule has 1 saturated carbocycles. The highest BCUT2D eigenvalue weighted by Gasteiger charge is 2.20. The fourth-order valence-corrected chi connectivity index (χ4v) is 2.08. The van der Waals surface area contributed by atoms with Gasteiger partial charge in [0.2, 0.25) is 0 Å². The van der Waals surface area contributed by atoms with Gasteiger partial charge in [0, 0.05) is 12.4 Å². The Kier molecular flexibility index (Phi) is 5.25. The Morgan fingerprint density at radius 1 is 1.36 bits per heavy atom. The molecular weight excluding hydrogens is 194 g/mol. The minimum absolute atomic E-state index is 0.415. The molecule has 1 aliphatic rings. The van der Waals surface area contributed by atoms with Crippen LogP contribution in [0.25, 0.3) is 0 Å². The van der Waals surface area contributed by atoms with E-state index in [2.05, 4.69) is 19.2 Å². The third-order valence-corrected chi connectivity index (χ3v) is 3.52. The van der Waals surface area contributed by atoms with E-state index < -0.39 is 0 Å². The highest BCUT2D eigenvalue weighted by molar-refractivity contribution is 6.17. The Morgan fingerprint density at radius 2 is 2.07 bits per heavy atom. The first kappa shape index (κ1) is 12.3. The Bertz CT molecular complexity index is 152. The van der Waals surface area contributed by atoms with Gasteiger partial charge in [0.25, 0.3) is 0 Å². The third-order valence-electron chi connectivity index (χ3n) is 3.25. The normalized spacial score (nSPS) is 18.2. The van der Waals surface area contributed by atoms with Crippen LogP contribution in [0.3, 0.4) is 0 Å². The quantitative estimate of drug-likeness (QED) is 0.645. The number of halogens is 1. The first-order valence-corrected chi connectivity index (χ1v) is 6.44. The maximum atomic E-state index is 5.70. The van der Waals surface area contributed by atoms with E-state index in [0.717, 1.165) is 24.8 Å². The van der Waals surface area contributed by atoms with Crippen LogP contribution >= 0.6 is 11.6 Å². The molecule has 0 bridgehead atoms. The van der Waals surface area contributed by atoms with Crippen molar-refractivity contribution in [1.82, 2.24) is 5.32 Å². The molecule has 1 fully saturated rings. The summed E-state index contributed by atoms with van der Waals surface area (Å²) in [5.74, 6) is 1.77. The first-order chi connectivity index (χ1) is 6.64. The molecule has 0 aliphatic heterocycles. The van der Waals surface area contributed by atoms with Gasteiger partial charge in [0.1, 0.15) is 0 Å². The molecule has 0 heterocycles. The zero-order valence-electron chi connectivity index (χ0n) is 9.61. The lowest BCUT2D eigenvalue weighted by Gasteiger charge is -2.29. The molecule has 0 aromatic carbocycles. The van der Waals surface area contributed by atoms with Gasteiger partial charge >= 0.3 is 0 Å². The van der Waals surface area contributed by atoms with Gasteiger partial charge in [-0.15, -0.1) is 11.6 Å². The molecule has 0 amide bonds. The fourth-order valence-electron chi connectivity index (χ4n) is 1.95. The Balaban J connectivity index is 2.02. The molecule has 2 heteroatoms. The predicted octanol–water partition coefficient (Wildman–Crippen LogP) is 3.42. The van der Waals surface area contributed by atoms with Crippen LogP contribution in [-0.4, -0.2) is 19.0 Å². The second kappa shape index (κ2) is 5.97. The van der Waals surface area contributed by atoms with Crippen molar-refractivity contribution in [2.45, 2.75) is 46.0 Å². The van der Waals surface area contributed by atoms with Crippen LogP contribution < -0.4 is 5.32 Å². The monoisotopic (exact) mass is 217 g/mol. The van der Waals surface area contributed by atoms with Crippen LogP contribution in [0.1, 0.15) is 46.0 Å². The molecule has 0 spiro atoms. The molecule has 1 nitrogen and oxygen atoms in total. The van der Waals surface area contributed by atoms with Crippen LogP contribution in [0.15, 0.2) is 0 Å². The fraction of sp³-hybridized carbons (Fsp3) is 1.00. The smallest absolute Gasteiger partial charge is 0.0223 e. The molecule has 0 radical (unpaired) electrons. The Morgan fingerprint density at radius 3 is 2.57 bits per heavy atom. The molecule has 1 N–H and O–H groups in total. The average molecular weight is 218 g/mol. The number of nitrogens with one attached hydrogen (secondary N) is 1. The topological polar surface area (TPSA) is 12.0 Å². The van der Waals surface area contributed by atoms with Crippen molar-refractivity contribution in [3.63, 3.8) is 0 Å². The zero-order chi connectivity index (χ0) is 10.4. The van der Waals surface area contributed by atoms with E-state index in [9.17, 15) is 0 Å². The number of hydrogen-bond donors (Lipinski definition) is 1. The van der Waals surface area contributed by atoms with E-state index in [4.69, 9.17) is 11.6 Å². The minimum Gasteiger partial charge on any atom is -0.316 e. The van der Waals surface area contributed by atoms with Gasteiger partial charge in [-0.05, 0) is 43.6 Å². The van der Waals surface area contributed by atoms with Gasteiger partial charge in [0.15, 0.2) is 0 Å². The molecule has 0 saturated heterocycles. The number of rotatable bonds is 7. The minimum atomic E-state index is 0.415. The SMILES string of the molecule is CC(C)(CCCCl)CNCC1CCC1. The summed E-state index contributed by atoms with van der Waals surface area (Å²) in [5.41, 5.74) is 0.415. The Labute approximate surface area is 93.6 Å². The molecule has 0 aromatic heterocycles. The standard InChI is InChI=1S/C12H24ClN/c1-12(2,7-4-8-13)10-14-9-11-5-3-6-11/h11,14H,3-10H2,1-2H3. The Hall–Kier alpha value is 0.250. The lowest BCUT2D eigenvalue weighted by atomic mass is 9.84. The number of hydrogen-bond acceptors (Lipinski definition) is 1. The van der Waals surface area contributed by atoms with Gasteiger partial charge in [-0.1, -0.05) is 20.3 Å². The van der Waals surface area contributed by atoms with Gasteiger partial charge < -0.3 is 5.32 Å². The van der Waals surface area contributed by atoms with Crippen molar-refractivity contribution >= 4 is 11.6 Å². The second-order valence-electron chi connectivity index (χ2n) is 5.38.